The van der Waals surface area contributed by atoms with E-state index < -0.39 is 11.9 Å². The van der Waals surface area contributed by atoms with Crippen LogP contribution in [0.3, 0.4) is 0 Å². The molecule has 0 aliphatic carbocycles. The summed E-state index contributed by atoms with van der Waals surface area (Å²) >= 11 is 0. The van der Waals surface area contributed by atoms with Gasteiger partial charge in [-0.3, -0.25) is 9.59 Å². The van der Waals surface area contributed by atoms with Crippen molar-refractivity contribution in [1.82, 2.24) is 0 Å². The van der Waals surface area contributed by atoms with Gasteiger partial charge >= 0.3 is 5.97 Å². The smallest absolute Gasteiger partial charge is 0.307 e. The number of rotatable bonds is 5. The molecule has 16 heavy (non-hydrogen) atoms. The first-order valence-electron chi connectivity index (χ1n) is 4.84. The fourth-order valence-electron chi connectivity index (χ4n) is 1.32. The van der Waals surface area contributed by atoms with Crippen molar-refractivity contribution >= 4 is 18.0 Å². The zero-order valence-corrected chi connectivity index (χ0v) is 8.72. The van der Waals surface area contributed by atoms with Gasteiger partial charge in [0.05, 0.1) is 6.42 Å². The number of nitrogens with two attached hydrogens (primary N) is 1. The number of hydrogen-bond acceptors (Lipinski definition) is 2. The molecule has 84 valence electrons. The van der Waals surface area contributed by atoms with Gasteiger partial charge in [-0.15, -0.1) is 0 Å². The van der Waals surface area contributed by atoms with Crippen LogP contribution in [0.2, 0.25) is 0 Å². The van der Waals surface area contributed by atoms with Gasteiger partial charge < -0.3 is 10.8 Å². The number of primary amides is 1. The third-order valence-corrected chi connectivity index (χ3v) is 2.01. The number of carboxylic acids is 1. The van der Waals surface area contributed by atoms with Gasteiger partial charge in [0.15, 0.2) is 0 Å². The summed E-state index contributed by atoms with van der Waals surface area (Å²) in [6.45, 7) is 0. The minimum atomic E-state index is -0.879. The Morgan fingerprint density at radius 2 is 2.00 bits per heavy atom. The second kappa shape index (κ2) is 5.70. The van der Waals surface area contributed by atoms with Crippen LogP contribution >= 0.6 is 0 Å². The molecule has 0 spiro atoms. The number of carbonyl (C=O) groups excluding carboxylic acids is 1. The molecular weight excluding hydrogens is 206 g/mol. The predicted molar refractivity (Wildman–Crippen MR) is 60.6 cm³/mol. The van der Waals surface area contributed by atoms with Crippen LogP contribution in [-0.2, 0) is 16.0 Å². The van der Waals surface area contributed by atoms with E-state index >= 15 is 0 Å². The third-order valence-electron chi connectivity index (χ3n) is 2.01. The van der Waals surface area contributed by atoms with Crippen molar-refractivity contribution in [2.24, 2.45) is 5.73 Å². The number of carboxylic acid groups (broad SMARTS) is 1. The van der Waals surface area contributed by atoms with E-state index in [0.29, 0.717) is 0 Å². The van der Waals surface area contributed by atoms with Crippen molar-refractivity contribution < 1.29 is 14.7 Å². The van der Waals surface area contributed by atoms with Crippen molar-refractivity contribution in [2.75, 3.05) is 0 Å². The molecule has 0 unspecified atom stereocenters. The molecule has 1 rings (SSSR count). The molecule has 4 heteroatoms. The van der Waals surface area contributed by atoms with Gasteiger partial charge in [0.2, 0.25) is 5.91 Å². The number of carbonyl (C=O) groups is 2. The Bertz CT molecular complexity index is 424. The average molecular weight is 219 g/mol. The van der Waals surface area contributed by atoms with E-state index in [1.54, 1.807) is 30.4 Å². The van der Waals surface area contributed by atoms with E-state index in [0.717, 1.165) is 11.1 Å². The Morgan fingerprint density at radius 3 is 2.62 bits per heavy atom. The highest BCUT2D eigenvalue weighted by Gasteiger charge is 2.03. The average Bonchev–Trinajstić information content (AvgIpc) is 2.19. The number of aliphatic carboxylic acids is 1. The Hall–Kier alpha value is -2.10. The molecule has 0 saturated heterocycles. The molecule has 4 nitrogen and oxygen atoms in total. The highest BCUT2D eigenvalue weighted by atomic mass is 16.4. The summed E-state index contributed by atoms with van der Waals surface area (Å²) in [5, 5.41) is 8.71. The zero-order chi connectivity index (χ0) is 12.0. The Labute approximate surface area is 93.4 Å². The van der Waals surface area contributed by atoms with E-state index in [2.05, 4.69) is 0 Å². The summed E-state index contributed by atoms with van der Waals surface area (Å²) in [6.07, 6.45) is 3.46. The molecule has 0 aliphatic heterocycles. The largest absolute Gasteiger partial charge is 0.481 e. The molecule has 0 aliphatic rings. The molecule has 3 N–H and O–H groups in total. The predicted octanol–water partition coefficient (Wildman–Crippen LogP) is 1.20. The van der Waals surface area contributed by atoms with Crippen LogP contribution in [0.5, 0.6) is 0 Å². The zero-order valence-electron chi connectivity index (χ0n) is 8.72. The summed E-state index contributed by atoms with van der Waals surface area (Å²) < 4.78 is 0. The van der Waals surface area contributed by atoms with Crippen molar-refractivity contribution in [3.05, 3.63) is 41.5 Å². The molecular formula is C12H13NO3. The molecule has 1 amide bonds. The summed E-state index contributed by atoms with van der Waals surface area (Å²) in [5.41, 5.74) is 6.51. The first-order valence-corrected chi connectivity index (χ1v) is 4.84. The van der Waals surface area contributed by atoms with Gasteiger partial charge in [0, 0.05) is 6.42 Å². The van der Waals surface area contributed by atoms with Gasteiger partial charge in [-0.05, 0) is 11.1 Å². The summed E-state index contributed by atoms with van der Waals surface area (Å²) in [5.74, 6) is -1.29. The topological polar surface area (TPSA) is 80.4 Å². The Morgan fingerprint density at radius 1 is 1.31 bits per heavy atom. The lowest BCUT2D eigenvalue weighted by atomic mass is 10.0. The van der Waals surface area contributed by atoms with Crippen LogP contribution in [0.15, 0.2) is 30.3 Å². The van der Waals surface area contributed by atoms with Gasteiger partial charge in [-0.1, -0.05) is 36.4 Å². The minimum Gasteiger partial charge on any atom is -0.481 e. The van der Waals surface area contributed by atoms with Crippen LogP contribution in [0.1, 0.15) is 17.5 Å². The standard InChI is InChI=1S/C12H13NO3/c13-11(14)7-3-6-9-4-1-2-5-10(9)8-12(15)16/h1-6H,7-8H2,(H2,13,14)(H,15,16). The van der Waals surface area contributed by atoms with Crippen molar-refractivity contribution in [3.8, 4) is 0 Å². The normalized spacial score (nSPS) is 10.5. The maximum atomic E-state index is 10.6. The lowest BCUT2D eigenvalue weighted by Crippen LogP contribution is -2.08. The molecule has 0 saturated carbocycles. The van der Waals surface area contributed by atoms with Crippen molar-refractivity contribution in [1.29, 1.82) is 0 Å². The van der Waals surface area contributed by atoms with Crippen LogP contribution in [0.4, 0.5) is 0 Å². The SMILES string of the molecule is NC(=O)CC=Cc1ccccc1CC(=O)O. The van der Waals surface area contributed by atoms with E-state index in [9.17, 15) is 9.59 Å². The maximum Gasteiger partial charge on any atom is 0.307 e. The molecule has 1 aromatic carbocycles. The third kappa shape index (κ3) is 3.96. The molecule has 0 fully saturated rings. The van der Waals surface area contributed by atoms with Gasteiger partial charge in [0.25, 0.3) is 0 Å². The summed E-state index contributed by atoms with van der Waals surface area (Å²) in [7, 11) is 0. The summed E-state index contributed by atoms with van der Waals surface area (Å²) in [6, 6.07) is 7.15. The molecule has 0 bridgehead atoms. The second-order valence-electron chi connectivity index (χ2n) is 3.34. The van der Waals surface area contributed by atoms with E-state index in [1.807, 2.05) is 6.07 Å². The molecule has 0 atom stereocenters. The number of benzene rings is 1. The molecule has 0 heterocycles. The Kier molecular flexibility index (Phi) is 4.27. The molecule has 1 aromatic rings. The van der Waals surface area contributed by atoms with E-state index in [1.165, 1.54) is 0 Å². The fraction of sp³-hybridized carbons (Fsp3) is 0.167. The molecule has 0 radical (unpaired) electrons. The van der Waals surface area contributed by atoms with Crippen LogP contribution in [0, 0.1) is 0 Å². The highest BCUT2D eigenvalue weighted by molar-refractivity contribution is 5.77. The highest BCUT2D eigenvalue weighted by Crippen LogP contribution is 2.11. The Balaban J connectivity index is 2.82. The lowest BCUT2D eigenvalue weighted by molar-refractivity contribution is -0.136. The van der Waals surface area contributed by atoms with E-state index in [4.69, 9.17) is 10.8 Å². The monoisotopic (exact) mass is 219 g/mol. The van der Waals surface area contributed by atoms with Gasteiger partial charge in [-0.2, -0.15) is 0 Å². The number of amides is 1. The molecule has 0 aromatic heterocycles. The fourth-order valence-corrected chi connectivity index (χ4v) is 1.32. The first kappa shape index (κ1) is 12.0. The maximum absolute atomic E-state index is 10.6. The second-order valence-corrected chi connectivity index (χ2v) is 3.34. The van der Waals surface area contributed by atoms with E-state index in [-0.39, 0.29) is 12.8 Å². The number of hydrogen-bond donors (Lipinski definition) is 2. The van der Waals surface area contributed by atoms with Gasteiger partial charge in [-0.25, -0.2) is 0 Å². The first-order chi connectivity index (χ1) is 7.59. The van der Waals surface area contributed by atoms with Crippen LogP contribution in [-0.4, -0.2) is 17.0 Å². The van der Waals surface area contributed by atoms with Crippen LogP contribution < -0.4 is 5.73 Å². The van der Waals surface area contributed by atoms with Crippen LogP contribution in [0.25, 0.3) is 6.08 Å². The minimum absolute atomic E-state index is 0.0307. The van der Waals surface area contributed by atoms with Crippen molar-refractivity contribution in [2.45, 2.75) is 12.8 Å². The quantitative estimate of drug-likeness (QED) is 0.780. The van der Waals surface area contributed by atoms with Gasteiger partial charge in [0.1, 0.15) is 0 Å². The lowest BCUT2D eigenvalue weighted by Gasteiger charge is -2.02. The summed E-state index contributed by atoms with van der Waals surface area (Å²) in [4.78, 5) is 21.1. The van der Waals surface area contributed by atoms with Crippen molar-refractivity contribution in [3.63, 3.8) is 0 Å².